The molecular weight excluding hydrogens is 407 g/mol. The van der Waals surface area contributed by atoms with Gasteiger partial charge in [0.15, 0.2) is 16.1 Å². The van der Waals surface area contributed by atoms with Crippen LogP contribution in [0.15, 0.2) is 54.9 Å². The molecule has 0 bridgehead atoms. The van der Waals surface area contributed by atoms with Crippen LogP contribution in [0.3, 0.4) is 0 Å². The maximum atomic E-state index is 12.5. The van der Waals surface area contributed by atoms with E-state index < -0.39 is 0 Å². The summed E-state index contributed by atoms with van der Waals surface area (Å²) in [5.74, 6) is -0.0589. The maximum Gasteiger partial charge on any atom is 0.193 e. The van der Waals surface area contributed by atoms with Crippen molar-refractivity contribution in [3.05, 3.63) is 86.9 Å². The minimum Gasteiger partial charge on any atom is -0.323 e. The van der Waals surface area contributed by atoms with Gasteiger partial charge in [0.2, 0.25) is 0 Å². The Labute approximate surface area is 169 Å². The molecule has 2 heterocycles. The number of halogens is 3. The zero-order valence-corrected chi connectivity index (χ0v) is 16.0. The highest BCUT2D eigenvalue weighted by Crippen LogP contribution is 2.25. The quantitative estimate of drug-likeness (QED) is 0.435. The van der Waals surface area contributed by atoms with Gasteiger partial charge in [0.1, 0.15) is 11.0 Å². The number of nitrogens with zero attached hydrogens (tertiary/aromatic N) is 4. The Morgan fingerprint density at radius 3 is 2.11 bits per heavy atom. The average Bonchev–Trinajstić information content (AvgIpc) is 3.10. The normalized spacial score (nSPS) is 11.1. The first-order valence-corrected chi connectivity index (χ1v) is 9.08. The molecule has 0 unspecified atom stereocenters. The van der Waals surface area contributed by atoms with Gasteiger partial charge in [0, 0.05) is 22.7 Å². The third-order valence-electron chi connectivity index (χ3n) is 4.13. The van der Waals surface area contributed by atoms with Crippen molar-refractivity contribution < 1.29 is 4.79 Å². The summed E-state index contributed by atoms with van der Waals surface area (Å²) in [5, 5.41) is 8.62. The summed E-state index contributed by atoms with van der Waals surface area (Å²) >= 11 is 18.0. The molecule has 0 aliphatic heterocycles. The smallest absolute Gasteiger partial charge is 0.193 e. The van der Waals surface area contributed by atoms with Crippen LogP contribution in [0.2, 0.25) is 15.3 Å². The number of fused-ring (bicyclic) bond motifs is 1. The van der Waals surface area contributed by atoms with Crippen LogP contribution in [0.1, 0.15) is 21.5 Å². The molecule has 0 radical (unpaired) electrons. The monoisotopic (exact) mass is 416 g/mol. The maximum absolute atomic E-state index is 12.5. The molecule has 4 aromatic rings. The van der Waals surface area contributed by atoms with E-state index in [1.165, 1.54) is 0 Å². The number of rotatable bonds is 4. The highest BCUT2D eigenvalue weighted by Gasteiger charge is 2.14. The minimum atomic E-state index is -0.0589. The van der Waals surface area contributed by atoms with Crippen molar-refractivity contribution >= 4 is 51.6 Å². The molecule has 0 aliphatic carbocycles. The van der Waals surface area contributed by atoms with Gasteiger partial charge in [-0.1, -0.05) is 59.1 Å². The molecule has 8 heteroatoms. The number of carbonyl (C=O) groups is 1. The molecule has 5 nitrogen and oxygen atoms in total. The molecule has 0 amide bonds. The summed E-state index contributed by atoms with van der Waals surface area (Å²) in [5.41, 5.74) is 3.30. The lowest BCUT2D eigenvalue weighted by molar-refractivity contribution is 0.103. The van der Waals surface area contributed by atoms with Crippen LogP contribution in [-0.2, 0) is 6.54 Å². The van der Waals surface area contributed by atoms with Crippen molar-refractivity contribution in [1.82, 2.24) is 19.7 Å². The van der Waals surface area contributed by atoms with E-state index in [1.54, 1.807) is 42.7 Å². The van der Waals surface area contributed by atoms with Crippen LogP contribution in [-0.4, -0.2) is 25.5 Å². The summed E-state index contributed by atoms with van der Waals surface area (Å²) in [6.07, 6.45) is 1.64. The largest absolute Gasteiger partial charge is 0.323 e. The summed E-state index contributed by atoms with van der Waals surface area (Å²) in [4.78, 5) is 16.8. The van der Waals surface area contributed by atoms with E-state index in [9.17, 15) is 4.79 Å². The third-order valence-corrected chi connectivity index (χ3v) is 4.89. The van der Waals surface area contributed by atoms with Crippen molar-refractivity contribution in [2.45, 2.75) is 6.54 Å². The first-order valence-electron chi connectivity index (χ1n) is 7.94. The van der Waals surface area contributed by atoms with E-state index in [4.69, 9.17) is 34.8 Å². The van der Waals surface area contributed by atoms with Gasteiger partial charge < -0.3 is 4.57 Å². The molecule has 2 aromatic carbocycles. The molecule has 134 valence electrons. The second-order valence-corrected chi connectivity index (χ2v) is 7.04. The number of hydrogen-bond acceptors (Lipinski definition) is 4. The van der Waals surface area contributed by atoms with Crippen molar-refractivity contribution in [3.8, 4) is 0 Å². The standard InChI is InChI=1S/C19H11Cl3N4O/c20-14-7-5-13(6-8-14)17(27)12-3-1-11(2-4-12)9-26-10-23-15-16(26)19(22)25-24-18(15)21/h1-8,10H,9H2. The Bertz CT molecular complexity index is 1140. The van der Waals surface area contributed by atoms with E-state index in [0.717, 1.165) is 5.56 Å². The van der Waals surface area contributed by atoms with Gasteiger partial charge in [0.25, 0.3) is 0 Å². The van der Waals surface area contributed by atoms with Crippen LogP contribution in [0.25, 0.3) is 11.0 Å². The number of hydrogen-bond donors (Lipinski definition) is 0. The third kappa shape index (κ3) is 3.54. The Balaban J connectivity index is 1.59. The highest BCUT2D eigenvalue weighted by molar-refractivity contribution is 6.37. The highest BCUT2D eigenvalue weighted by atomic mass is 35.5. The van der Waals surface area contributed by atoms with Crippen molar-refractivity contribution in [3.63, 3.8) is 0 Å². The first kappa shape index (κ1) is 17.9. The topological polar surface area (TPSA) is 60.7 Å². The lowest BCUT2D eigenvalue weighted by Crippen LogP contribution is -2.03. The fourth-order valence-corrected chi connectivity index (χ4v) is 3.32. The van der Waals surface area contributed by atoms with E-state index >= 15 is 0 Å². The number of aromatic nitrogens is 4. The van der Waals surface area contributed by atoms with Gasteiger partial charge in [-0.25, -0.2) is 4.98 Å². The van der Waals surface area contributed by atoms with Crippen LogP contribution in [0.4, 0.5) is 0 Å². The summed E-state index contributed by atoms with van der Waals surface area (Å²) in [7, 11) is 0. The second-order valence-electron chi connectivity index (χ2n) is 5.88. The Hall–Kier alpha value is -2.47. The molecule has 27 heavy (non-hydrogen) atoms. The first-order chi connectivity index (χ1) is 13.0. The number of carbonyl (C=O) groups excluding carboxylic acids is 1. The molecule has 0 fully saturated rings. The van der Waals surface area contributed by atoms with Gasteiger partial charge in [-0.2, -0.15) is 0 Å². The van der Waals surface area contributed by atoms with E-state index in [0.29, 0.717) is 33.7 Å². The molecule has 4 rings (SSSR count). The predicted molar refractivity (Wildman–Crippen MR) is 106 cm³/mol. The molecule has 0 N–H and O–H groups in total. The minimum absolute atomic E-state index is 0.0589. The Kier molecular flexibility index (Phi) is 4.83. The predicted octanol–water partition coefficient (Wildman–Crippen LogP) is 5.07. The van der Waals surface area contributed by atoms with E-state index in [1.807, 2.05) is 16.7 Å². The van der Waals surface area contributed by atoms with Crippen LogP contribution in [0.5, 0.6) is 0 Å². The Morgan fingerprint density at radius 1 is 0.852 bits per heavy atom. The fraction of sp³-hybridized carbons (Fsp3) is 0.0526. The molecular formula is C19H11Cl3N4O. The summed E-state index contributed by atoms with van der Waals surface area (Å²) < 4.78 is 1.84. The molecule has 2 aromatic heterocycles. The van der Waals surface area contributed by atoms with E-state index in [-0.39, 0.29) is 16.1 Å². The Morgan fingerprint density at radius 2 is 1.44 bits per heavy atom. The van der Waals surface area contributed by atoms with Crippen LogP contribution >= 0.6 is 34.8 Å². The van der Waals surface area contributed by atoms with Crippen molar-refractivity contribution in [2.75, 3.05) is 0 Å². The molecule has 0 atom stereocenters. The number of imidazole rings is 1. The van der Waals surface area contributed by atoms with Crippen molar-refractivity contribution in [1.29, 1.82) is 0 Å². The van der Waals surface area contributed by atoms with Crippen LogP contribution in [0, 0.1) is 0 Å². The zero-order valence-electron chi connectivity index (χ0n) is 13.7. The molecule has 0 saturated heterocycles. The second kappa shape index (κ2) is 7.27. The van der Waals surface area contributed by atoms with Gasteiger partial charge in [-0.05, 0) is 29.8 Å². The van der Waals surface area contributed by atoms with Crippen LogP contribution < -0.4 is 0 Å². The SMILES string of the molecule is O=C(c1ccc(Cl)cc1)c1ccc(Cn2cnc3c(Cl)nnc(Cl)c32)cc1. The lowest BCUT2D eigenvalue weighted by Gasteiger charge is -2.07. The number of benzene rings is 2. The summed E-state index contributed by atoms with van der Waals surface area (Å²) in [6.45, 7) is 0.508. The van der Waals surface area contributed by atoms with Gasteiger partial charge >= 0.3 is 0 Å². The molecule has 0 aliphatic rings. The van der Waals surface area contributed by atoms with Gasteiger partial charge in [-0.3, -0.25) is 4.79 Å². The molecule has 0 spiro atoms. The fourth-order valence-electron chi connectivity index (χ4n) is 2.78. The summed E-state index contributed by atoms with van der Waals surface area (Å²) in [6, 6.07) is 14.2. The van der Waals surface area contributed by atoms with E-state index in [2.05, 4.69) is 15.2 Å². The number of ketones is 1. The van der Waals surface area contributed by atoms with Gasteiger partial charge in [0.05, 0.1) is 6.33 Å². The van der Waals surface area contributed by atoms with Gasteiger partial charge in [-0.15, -0.1) is 10.2 Å². The average molecular weight is 418 g/mol. The van der Waals surface area contributed by atoms with Crippen molar-refractivity contribution in [2.24, 2.45) is 0 Å². The lowest BCUT2D eigenvalue weighted by atomic mass is 10.0. The zero-order chi connectivity index (χ0) is 19.0. The molecule has 0 saturated carbocycles.